The summed E-state index contributed by atoms with van der Waals surface area (Å²) in [6.45, 7) is 7.18. The van der Waals surface area contributed by atoms with E-state index in [9.17, 15) is 4.79 Å². The van der Waals surface area contributed by atoms with Crippen molar-refractivity contribution in [1.29, 1.82) is 0 Å². The molecule has 7 heteroatoms. The third-order valence-electron chi connectivity index (χ3n) is 4.08. The summed E-state index contributed by atoms with van der Waals surface area (Å²) in [7, 11) is 0. The molecule has 1 saturated heterocycles. The van der Waals surface area contributed by atoms with Crippen LogP contribution in [0.4, 0.5) is 10.9 Å². The van der Waals surface area contributed by atoms with Gasteiger partial charge in [-0.3, -0.25) is 4.79 Å². The lowest BCUT2D eigenvalue weighted by Gasteiger charge is -2.32. The van der Waals surface area contributed by atoms with Gasteiger partial charge in [0.15, 0.2) is 5.13 Å². The summed E-state index contributed by atoms with van der Waals surface area (Å²) < 4.78 is 0. The van der Waals surface area contributed by atoms with Crippen LogP contribution in [-0.2, 0) is 11.2 Å². The van der Waals surface area contributed by atoms with E-state index in [0.29, 0.717) is 5.92 Å². The molecule has 0 saturated carbocycles. The number of nitrogens with zero attached hydrogens (tertiary/aromatic N) is 4. The Balaban J connectivity index is 1.63. The number of hydrogen-bond donors (Lipinski definition) is 1. The van der Waals surface area contributed by atoms with Gasteiger partial charge in [0.1, 0.15) is 12.1 Å². The van der Waals surface area contributed by atoms with Crippen LogP contribution in [0.1, 0.15) is 23.4 Å². The van der Waals surface area contributed by atoms with Crippen molar-refractivity contribution in [3.05, 3.63) is 41.8 Å². The molecule has 0 radical (unpaired) electrons. The minimum atomic E-state index is 0.0175. The van der Waals surface area contributed by atoms with Gasteiger partial charge in [0.2, 0.25) is 5.91 Å². The van der Waals surface area contributed by atoms with E-state index < -0.39 is 0 Å². The van der Waals surface area contributed by atoms with Crippen LogP contribution < -0.4 is 5.32 Å². The molecule has 1 fully saturated rings. The van der Waals surface area contributed by atoms with Crippen LogP contribution >= 0.6 is 11.3 Å². The molecule has 0 spiro atoms. The van der Waals surface area contributed by atoms with Crippen LogP contribution in [0.2, 0.25) is 0 Å². The molecule has 1 aliphatic heterocycles. The first-order chi connectivity index (χ1) is 11.6. The highest BCUT2D eigenvalue weighted by Crippen LogP contribution is 2.23. The van der Waals surface area contributed by atoms with Crippen LogP contribution in [0.3, 0.4) is 0 Å². The molecule has 1 N–H and O–H groups in total. The molecule has 24 heavy (non-hydrogen) atoms. The Morgan fingerprint density at radius 2 is 2.38 bits per heavy atom. The summed E-state index contributed by atoms with van der Waals surface area (Å²) in [5.41, 5.74) is 0.985. The second-order valence-electron chi connectivity index (χ2n) is 6.00. The quantitative estimate of drug-likeness (QED) is 0.845. The van der Waals surface area contributed by atoms with E-state index in [1.54, 1.807) is 17.7 Å². The molecular formula is C17H21N5OS. The van der Waals surface area contributed by atoms with Gasteiger partial charge in [-0.15, -0.1) is 11.3 Å². The summed E-state index contributed by atoms with van der Waals surface area (Å²) in [5, 5.41) is 4.05. The molecule has 6 nitrogen and oxygen atoms in total. The fourth-order valence-electron chi connectivity index (χ4n) is 2.96. The molecule has 3 heterocycles. The molecule has 3 rings (SSSR count). The number of piperidine rings is 1. The van der Waals surface area contributed by atoms with Crippen LogP contribution in [0.5, 0.6) is 0 Å². The smallest absolute Gasteiger partial charge is 0.245 e. The number of nitrogens with one attached hydrogen (secondary N) is 1. The molecule has 1 atom stereocenters. The van der Waals surface area contributed by atoms with Crippen molar-refractivity contribution in [3.63, 3.8) is 0 Å². The van der Waals surface area contributed by atoms with Gasteiger partial charge in [-0.05, 0) is 38.2 Å². The number of aryl methyl sites for hydroxylation is 1. The summed E-state index contributed by atoms with van der Waals surface area (Å²) in [6.07, 6.45) is 7.79. The van der Waals surface area contributed by atoms with Crippen molar-refractivity contribution < 1.29 is 4.79 Å². The summed E-state index contributed by atoms with van der Waals surface area (Å²) in [5.74, 6) is 1.19. The number of anilines is 2. The van der Waals surface area contributed by atoms with Crippen LogP contribution in [0.15, 0.2) is 31.2 Å². The zero-order chi connectivity index (χ0) is 16.9. The second-order valence-corrected chi connectivity index (χ2v) is 7.23. The molecule has 126 valence electrons. The molecule has 1 amide bonds. The monoisotopic (exact) mass is 343 g/mol. The maximum atomic E-state index is 11.8. The third-order valence-corrected chi connectivity index (χ3v) is 4.91. The van der Waals surface area contributed by atoms with Crippen molar-refractivity contribution in [2.45, 2.75) is 26.2 Å². The maximum Gasteiger partial charge on any atom is 0.245 e. The lowest BCUT2D eigenvalue weighted by atomic mass is 9.93. The number of amides is 1. The molecule has 0 aromatic carbocycles. The van der Waals surface area contributed by atoms with E-state index in [4.69, 9.17) is 0 Å². The van der Waals surface area contributed by atoms with Crippen molar-refractivity contribution in [1.82, 2.24) is 19.9 Å². The van der Waals surface area contributed by atoms with E-state index in [2.05, 4.69) is 26.8 Å². The fraction of sp³-hybridized carbons (Fsp3) is 0.412. The number of carbonyl (C=O) groups is 1. The Morgan fingerprint density at radius 3 is 3.12 bits per heavy atom. The minimum absolute atomic E-state index is 0.0175. The van der Waals surface area contributed by atoms with Gasteiger partial charge in [-0.2, -0.15) is 0 Å². The van der Waals surface area contributed by atoms with Crippen LogP contribution in [-0.4, -0.2) is 38.8 Å². The Morgan fingerprint density at radius 1 is 1.50 bits per heavy atom. The Kier molecular flexibility index (Phi) is 5.20. The van der Waals surface area contributed by atoms with E-state index in [0.717, 1.165) is 53.9 Å². The van der Waals surface area contributed by atoms with Gasteiger partial charge in [-0.1, -0.05) is 6.58 Å². The average Bonchev–Trinajstić information content (AvgIpc) is 2.99. The number of hydrogen-bond acceptors (Lipinski definition) is 6. The summed E-state index contributed by atoms with van der Waals surface area (Å²) in [4.78, 5) is 27.7. The van der Waals surface area contributed by atoms with Gasteiger partial charge >= 0.3 is 0 Å². The molecule has 0 aliphatic carbocycles. The molecule has 1 aliphatic rings. The number of likely N-dealkylation sites (tertiary alicyclic amines) is 1. The molecular weight excluding hydrogens is 322 g/mol. The van der Waals surface area contributed by atoms with Crippen molar-refractivity contribution in [2.24, 2.45) is 5.92 Å². The number of thiazole rings is 1. The fourth-order valence-corrected chi connectivity index (χ4v) is 3.63. The van der Waals surface area contributed by atoms with E-state index in [1.165, 1.54) is 6.08 Å². The predicted octanol–water partition coefficient (Wildman–Crippen LogP) is 2.95. The van der Waals surface area contributed by atoms with Gasteiger partial charge in [0.25, 0.3) is 0 Å². The first kappa shape index (κ1) is 16.6. The Labute approximate surface area is 145 Å². The van der Waals surface area contributed by atoms with Crippen LogP contribution in [0, 0.1) is 12.8 Å². The summed E-state index contributed by atoms with van der Waals surface area (Å²) >= 11 is 1.59. The largest absolute Gasteiger partial charge is 0.339 e. The predicted molar refractivity (Wildman–Crippen MR) is 95.4 cm³/mol. The van der Waals surface area contributed by atoms with Crippen molar-refractivity contribution >= 4 is 28.2 Å². The van der Waals surface area contributed by atoms with E-state index in [1.807, 2.05) is 24.1 Å². The Bertz CT molecular complexity index is 729. The summed E-state index contributed by atoms with van der Waals surface area (Å²) in [6, 6.07) is 1.96. The SMILES string of the molecule is C=CC(=O)N1CCC[C@H](Cc2cc(Nc3ncc(C)s3)ncn2)C1. The second kappa shape index (κ2) is 7.53. The molecule has 2 aromatic rings. The van der Waals surface area contributed by atoms with Gasteiger partial charge in [-0.25, -0.2) is 15.0 Å². The average molecular weight is 343 g/mol. The Hall–Kier alpha value is -2.28. The van der Waals surface area contributed by atoms with E-state index in [-0.39, 0.29) is 5.91 Å². The molecule has 0 bridgehead atoms. The topological polar surface area (TPSA) is 71.0 Å². The lowest BCUT2D eigenvalue weighted by Crippen LogP contribution is -2.39. The van der Waals surface area contributed by atoms with Gasteiger partial charge < -0.3 is 10.2 Å². The zero-order valence-corrected chi connectivity index (χ0v) is 14.6. The molecule has 2 aromatic heterocycles. The highest BCUT2D eigenvalue weighted by Gasteiger charge is 2.22. The standard InChI is InChI=1S/C17H21N5OS/c1-3-16(23)22-6-4-5-13(10-22)7-14-8-15(20-11-19-14)21-17-18-9-12(2)24-17/h3,8-9,11,13H,1,4-7,10H2,2H3,(H,18,19,20,21)/t13-/m1/s1. The number of carbonyl (C=O) groups excluding carboxylic acids is 1. The maximum absolute atomic E-state index is 11.8. The highest BCUT2D eigenvalue weighted by atomic mass is 32.1. The van der Waals surface area contributed by atoms with Gasteiger partial charge in [0.05, 0.1) is 0 Å². The number of aromatic nitrogens is 3. The van der Waals surface area contributed by atoms with E-state index >= 15 is 0 Å². The van der Waals surface area contributed by atoms with Crippen molar-refractivity contribution in [3.8, 4) is 0 Å². The normalized spacial score (nSPS) is 17.5. The first-order valence-electron chi connectivity index (χ1n) is 8.06. The van der Waals surface area contributed by atoms with Gasteiger partial charge in [0, 0.05) is 35.9 Å². The third kappa shape index (κ3) is 4.17. The highest BCUT2D eigenvalue weighted by molar-refractivity contribution is 7.15. The zero-order valence-electron chi connectivity index (χ0n) is 13.7. The molecule has 0 unspecified atom stereocenters. The minimum Gasteiger partial charge on any atom is -0.339 e. The number of rotatable bonds is 5. The van der Waals surface area contributed by atoms with Crippen LogP contribution in [0.25, 0.3) is 0 Å². The first-order valence-corrected chi connectivity index (χ1v) is 8.87. The lowest BCUT2D eigenvalue weighted by molar-refractivity contribution is -0.127. The van der Waals surface area contributed by atoms with Crippen molar-refractivity contribution in [2.75, 3.05) is 18.4 Å².